The van der Waals surface area contributed by atoms with Crippen molar-refractivity contribution in [2.75, 3.05) is 46.1 Å². The van der Waals surface area contributed by atoms with Gasteiger partial charge in [-0.3, -0.25) is 14.3 Å². The molecule has 0 saturated carbocycles. The van der Waals surface area contributed by atoms with Gasteiger partial charge in [0.25, 0.3) is 0 Å². The lowest BCUT2D eigenvalue weighted by Crippen LogP contribution is -2.36. The quantitative estimate of drug-likeness (QED) is 0.0883. The van der Waals surface area contributed by atoms with E-state index in [1.807, 2.05) is 89.9 Å². The summed E-state index contributed by atoms with van der Waals surface area (Å²) < 4.78 is 28.8. The van der Waals surface area contributed by atoms with Gasteiger partial charge in [-0.25, -0.2) is 14.6 Å². The number of fused-ring (bicyclic) bond motifs is 3. The van der Waals surface area contributed by atoms with Crippen LogP contribution in [0.1, 0.15) is 54.8 Å². The van der Waals surface area contributed by atoms with Gasteiger partial charge < -0.3 is 28.8 Å². The van der Waals surface area contributed by atoms with Crippen LogP contribution in [0.3, 0.4) is 0 Å². The van der Waals surface area contributed by atoms with Crippen LogP contribution in [0.15, 0.2) is 97.6 Å². The van der Waals surface area contributed by atoms with E-state index in [9.17, 15) is 14.9 Å². The maximum absolute atomic E-state index is 14.4. The Hall–Kier alpha value is -6.76. The van der Waals surface area contributed by atoms with Crippen LogP contribution >= 0.6 is 0 Å². The predicted octanol–water partition coefficient (Wildman–Crippen LogP) is 7.11. The first-order valence-electron chi connectivity index (χ1n) is 20.8. The molecule has 0 saturated heterocycles. The molecule has 3 aromatic carbocycles. The van der Waals surface area contributed by atoms with E-state index in [0.29, 0.717) is 43.2 Å². The van der Waals surface area contributed by atoms with Crippen molar-refractivity contribution in [3.8, 4) is 39.7 Å². The number of nitrogens with one attached hydrogen (secondary N) is 1. The van der Waals surface area contributed by atoms with Gasteiger partial charge in [-0.2, -0.15) is 15.5 Å². The average molecular weight is 840 g/mol. The molecule has 1 N–H and O–H groups in total. The van der Waals surface area contributed by atoms with Crippen LogP contribution in [0.25, 0.3) is 33.6 Å². The highest BCUT2D eigenvalue weighted by molar-refractivity contribution is 5.80. The van der Waals surface area contributed by atoms with Crippen LogP contribution in [0.4, 0.5) is 9.59 Å². The molecule has 6 aromatic rings. The molecule has 0 bridgehead atoms. The van der Waals surface area contributed by atoms with E-state index in [1.165, 1.54) is 0 Å². The van der Waals surface area contributed by atoms with Crippen LogP contribution in [-0.4, -0.2) is 97.9 Å². The highest BCUT2D eigenvalue weighted by Gasteiger charge is 2.31. The van der Waals surface area contributed by atoms with E-state index in [0.717, 1.165) is 44.6 Å². The number of carbonyl (C=O) groups excluding carboxylic acids is 2. The number of imidazole rings is 1. The molecular weight excluding hydrogens is 787 g/mol. The summed E-state index contributed by atoms with van der Waals surface area (Å²) in [6.45, 7) is 7.79. The fourth-order valence-corrected chi connectivity index (χ4v) is 7.57. The van der Waals surface area contributed by atoms with E-state index in [4.69, 9.17) is 23.9 Å². The molecular formula is C47H53N9O6. The predicted molar refractivity (Wildman–Crippen MR) is 233 cm³/mol. The molecule has 0 fully saturated rings. The minimum absolute atomic E-state index is 0.115. The van der Waals surface area contributed by atoms with E-state index >= 15 is 0 Å². The molecule has 0 aliphatic heterocycles. The first-order valence-corrected chi connectivity index (χ1v) is 20.8. The molecule has 0 spiro atoms. The summed E-state index contributed by atoms with van der Waals surface area (Å²) in [4.78, 5) is 33.2. The summed E-state index contributed by atoms with van der Waals surface area (Å²) in [5.74, 6) is 0.523. The normalized spacial score (nSPS) is 12.1. The minimum atomic E-state index is -0.583. The summed E-state index contributed by atoms with van der Waals surface area (Å²) in [6, 6.07) is 26.1. The van der Waals surface area contributed by atoms with Gasteiger partial charge in [0.2, 0.25) is 0 Å². The van der Waals surface area contributed by atoms with Gasteiger partial charge in [0, 0.05) is 63.2 Å². The van der Waals surface area contributed by atoms with Gasteiger partial charge in [0.15, 0.2) is 0 Å². The molecule has 322 valence electrons. The maximum Gasteiger partial charge on any atom is 0.410 e. The first kappa shape index (κ1) is 43.3. The Morgan fingerprint density at radius 3 is 2.13 bits per heavy atom. The van der Waals surface area contributed by atoms with E-state index in [2.05, 4.69) is 50.4 Å². The molecule has 1 aliphatic carbocycles. The van der Waals surface area contributed by atoms with Crippen LogP contribution in [0.2, 0.25) is 0 Å². The van der Waals surface area contributed by atoms with Crippen molar-refractivity contribution in [3.05, 3.63) is 126 Å². The van der Waals surface area contributed by atoms with Gasteiger partial charge in [-0.15, -0.1) is 0 Å². The van der Waals surface area contributed by atoms with Crippen molar-refractivity contribution >= 4 is 12.2 Å². The zero-order valence-electron chi connectivity index (χ0n) is 35.9. The van der Waals surface area contributed by atoms with Crippen LogP contribution < -0.4 is 5.32 Å². The monoisotopic (exact) mass is 839 g/mol. The van der Waals surface area contributed by atoms with Gasteiger partial charge in [0.1, 0.15) is 18.0 Å². The van der Waals surface area contributed by atoms with E-state index < -0.39 is 17.8 Å². The van der Waals surface area contributed by atoms with Gasteiger partial charge in [-0.1, -0.05) is 60.7 Å². The van der Waals surface area contributed by atoms with Crippen molar-refractivity contribution in [3.63, 3.8) is 0 Å². The second-order valence-electron chi connectivity index (χ2n) is 16.1. The molecule has 2 amide bonds. The topological polar surface area (TPSA) is 164 Å². The fourth-order valence-electron chi connectivity index (χ4n) is 7.57. The lowest BCUT2D eigenvalue weighted by atomic mass is 9.98. The number of benzene rings is 3. The Labute approximate surface area is 361 Å². The number of carbonyl (C=O) groups is 2. The van der Waals surface area contributed by atoms with Crippen LogP contribution in [0, 0.1) is 11.3 Å². The van der Waals surface area contributed by atoms with Crippen LogP contribution in [0.5, 0.6) is 0 Å². The van der Waals surface area contributed by atoms with Gasteiger partial charge in [-0.05, 0) is 67.1 Å². The smallest absolute Gasteiger partial charge is 0.410 e. The molecule has 15 heteroatoms. The third-order valence-corrected chi connectivity index (χ3v) is 10.4. The molecule has 3 aromatic heterocycles. The molecule has 0 unspecified atom stereocenters. The Kier molecular flexibility index (Phi) is 13.8. The van der Waals surface area contributed by atoms with Crippen molar-refractivity contribution in [1.82, 2.24) is 39.3 Å². The third-order valence-electron chi connectivity index (χ3n) is 10.4. The number of alkyl carbamates (subject to hydrolysis) is 1. The minimum Gasteiger partial charge on any atom is -0.448 e. The second kappa shape index (κ2) is 19.7. The van der Waals surface area contributed by atoms with Gasteiger partial charge in [0.05, 0.1) is 68.4 Å². The summed E-state index contributed by atoms with van der Waals surface area (Å²) in [5.41, 5.74) is 8.75. The van der Waals surface area contributed by atoms with Gasteiger partial charge >= 0.3 is 12.2 Å². The number of amides is 2. The Balaban J connectivity index is 1.13. The first-order chi connectivity index (χ1) is 30.0. The van der Waals surface area contributed by atoms with Crippen molar-refractivity contribution < 1.29 is 28.5 Å². The summed E-state index contributed by atoms with van der Waals surface area (Å²) in [5, 5.41) is 21.1. The largest absolute Gasteiger partial charge is 0.448 e. The number of hydrogen-bond donors (Lipinski definition) is 1. The number of hydrogen-bond acceptors (Lipinski definition) is 10. The standard InChI is InChI=1S/C47H53N9O6/c1-47(2,3)62-45(57)49-19-22-59-24-25-60-23-21-55(46(58)61-32-41-39-12-8-6-10-37(39)38-11-7-9-13-40(38)41)31-42-52-43(36-28-51-54(5)30-36)44(35-16-14-33(26-48)15-17-35)56(42)20-18-34-27-50-53(4)29-34/h6-17,27-30,41H,18-25,31-32H2,1-5H3,(H,49,57). The highest BCUT2D eigenvalue weighted by atomic mass is 16.6. The summed E-state index contributed by atoms with van der Waals surface area (Å²) >= 11 is 0. The summed E-state index contributed by atoms with van der Waals surface area (Å²) in [7, 11) is 3.75. The van der Waals surface area contributed by atoms with Crippen molar-refractivity contribution in [1.29, 1.82) is 5.26 Å². The molecule has 15 nitrogen and oxygen atoms in total. The van der Waals surface area contributed by atoms with Crippen molar-refractivity contribution in [2.45, 2.75) is 51.8 Å². The van der Waals surface area contributed by atoms with E-state index in [1.54, 1.807) is 32.6 Å². The third kappa shape index (κ3) is 10.8. The Morgan fingerprint density at radius 2 is 1.50 bits per heavy atom. The molecule has 1 aliphatic rings. The molecule has 3 heterocycles. The summed E-state index contributed by atoms with van der Waals surface area (Å²) in [6.07, 6.45) is 7.18. The number of rotatable bonds is 18. The number of nitriles is 1. The molecule has 7 rings (SSSR count). The fraction of sp³-hybridized carbons (Fsp3) is 0.362. The highest BCUT2D eigenvalue weighted by Crippen LogP contribution is 2.44. The average Bonchev–Trinajstić information content (AvgIpc) is 4.04. The number of aryl methyl sites for hydroxylation is 3. The molecule has 0 atom stereocenters. The maximum atomic E-state index is 14.4. The Bertz CT molecular complexity index is 2460. The van der Waals surface area contributed by atoms with Crippen LogP contribution in [-0.2, 0) is 52.6 Å². The lowest BCUT2D eigenvalue weighted by Gasteiger charge is -2.24. The number of aromatic nitrogens is 6. The SMILES string of the molecule is Cn1cc(CCn2c(CN(CCOCCOCCNC(=O)OC(C)(C)C)C(=O)OCC3c4ccccc4-c4ccccc43)nc(-c3cnn(C)c3)c2-c2ccc(C#N)cc2)cn1. The number of ether oxygens (including phenoxy) is 4. The Morgan fingerprint density at radius 1 is 0.839 bits per heavy atom. The van der Waals surface area contributed by atoms with Crippen molar-refractivity contribution in [2.24, 2.45) is 14.1 Å². The number of nitrogens with zero attached hydrogens (tertiary/aromatic N) is 8. The zero-order valence-corrected chi connectivity index (χ0v) is 35.9. The van der Waals surface area contributed by atoms with E-state index in [-0.39, 0.29) is 45.4 Å². The molecule has 0 radical (unpaired) electrons. The lowest BCUT2D eigenvalue weighted by molar-refractivity contribution is 0.0309. The zero-order chi connectivity index (χ0) is 43.6. The molecule has 62 heavy (non-hydrogen) atoms. The second-order valence-corrected chi connectivity index (χ2v) is 16.1.